The van der Waals surface area contributed by atoms with Gasteiger partial charge in [-0.05, 0) is 56.5 Å². The van der Waals surface area contributed by atoms with E-state index in [4.69, 9.17) is 4.74 Å². The SMILES string of the molecule is CCCCNC(=O)[C@@H](CC)N(Cc1cccc(C)c1)C(=O)CN(c1ccc(OCC)cc1)S(C)(=O)=O. The Labute approximate surface area is 215 Å². The zero-order chi connectivity index (χ0) is 26.7. The first-order valence-corrected chi connectivity index (χ1v) is 14.3. The van der Waals surface area contributed by atoms with E-state index in [2.05, 4.69) is 5.32 Å². The van der Waals surface area contributed by atoms with Crippen LogP contribution in [-0.2, 0) is 26.2 Å². The van der Waals surface area contributed by atoms with E-state index in [1.807, 2.05) is 52.0 Å². The van der Waals surface area contributed by atoms with E-state index in [1.54, 1.807) is 24.3 Å². The zero-order valence-electron chi connectivity index (χ0n) is 22.0. The number of carbonyl (C=O) groups excluding carboxylic acids is 2. The standard InChI is InChI=1S/C27H39N3O5S/c1-6-9-17-28-27(32)25(7-2)29(19-22-12-10-11-21(4)18-22)26(31)20-30(36(5,33)34)23-13-15-24(16-14-23)35-8-3/h10-16,18,25H,6-9,17,19-20H2,1-5H3,(H,28,32)/t25-/m1/s1. The van der Waals surface area contributed by atoms with Crippen LogP contribution in [0.25, 0.3) is 0 Å². The number of nitrogens with one attached hydrogen (secondary N) is 1. The lowest BCUT2D eigenvalue weighted by Gasteiger charge is -2.33. The third-order valence-corrected chi connectivity index (χ3v) is 6.91. The molecule has 2 rings (SSSR count). The highest BCUT2D eigenvalue weighted by molar-refractivity contribution is 7.92. The number of carbonyl (C=O) groups is 2. The molecule has 0 saturated carbocycles. The summed E-state index contributed by atoms with van der Waals surface area (Å²) >= 11 is 0. The number of nitrogens with zero attached hydrogens (tertiary/aromatic N) is 2. The van der Waals surface area contributed by atoms with Gasteiger partial charge in [0.05, 0.1) is 18.6 Å². The van der Waals surface area contributed by atoms with E-state index in [0.717, 1.165) is 34.5 Å². The van der Waals surface area contributed by atoms with Crippen LogP contribution in [0.4, 0.5) is 5.69 Å². The molecule has 0 fully saturated rings. The van der Waals surface area contributed by atoms with Gasteiger partial charge in [-0.2, -0.15) is 0 Å². The normalized spacial score (nSPS) is 12.0. The summed E-state index contributed by atoms with van der Waals surface area (Å²) in [6, 6.07) is 13.6. The fourth-order valence-corrected chi connectivity index (χ4v) is 4.77. The fourth-order valence-electron chi connectivity index (χ4n) is 3.92. The van der Waals surface area contributed by atoms with Crippen molar-refractivity contribution in [2.24, 2.45) is 0 Å². The van der Waals surface area contributed by atoms with Crippen molar-refractivity contribution in [1.29, 1.82) is 0 Å². The second-order valence-corrected chi connectivity index (χ2v) is 10.7. The van der Waals surface area contributed by atoms with E-state index in [1.165, 1.54) is 4.90 Å². The molecule has 36 heavy (non-hydrogen) atoms. The maximum Gasteiger partial charge on any atom is 0.244 e. The lowest BCUT2D eigenvalue weighted by atomic mass is 10.1. The predicted octanol–water partition coefficient (Wildman–Crippen LogP) is 3.88. The molecule has 0 radical (unpaired) electrons. The lowest BCUT2D eigenvalue weighted by Crippen LogP contribution is -2.52. The minimum Gasteiger partial charge on any atom is -0.494 e. The largest absolute Gasteiger partial charge is 0.494 e. The Hall–Kier alpha value is -3.07. The number of anilines is 1. The van der Waals surface area contributed by atoms with Crippen LogP contribution in [-0.4, -0.2) is 57.1 Å². The summed E-state index contributed by atoms with van der Waals surface area (Å²) < 4.78 is 31.9. The summed E-state index contributed by atoms with van der Waals surface area (Å²) in [5.41, 5.74) is 2.26. The molecular formula is C27H39N3O5S. The molecule has 9 heteroatoms. The Bertz CT molecular complexity index is 1100. The molecule has 0 aliphatic heterocycles. The highest BCUT2D eigenvalue weighted by atomic mass is 32.2. The van der Waals surface area contributed by atoms with Gasteiger partial charge in [-0.25, -0.2) is 8.42 Å². The first kappa shape index (κ1) is 29.2. The molecule has 0 spiro atoms. The van der Waals surface area contributed by atoms with Gasteiger partial charge in [0.15, 0.2) is 0 Å². The Kier molecular flexibility index (Phi) is 11.2. The molecule has 0 unspecified atom stereocenters. The van der Waals surface area contributed by atoms with Gasteiger partial charge in [-0.3, -0.25) is 13.9 Å². The molecule has 1 atom stereocenters. The van der Waals surface area contributed by atoms with E-state index in [9.17, 15) is 18.0 Å². The monoisotopic (exact) mass is 517 g/mol. The highest BCUT2D eigenvalue weighted by Crippen LogP contribution is 2.23. The first-order valence-electron chi connectivity index (χ1n) is 12.4. The minimum absolute atomic E-state index is 0.196. The quantitative estimate of drug-likeness (QED) is 0.384. The number of sulfonamides is 1. The van der Waals surface area contributed by atoms with Crippen molar-refractivity contribution in [3.8, 4) is 5.75 Å². The van der Waals surface area contributed by atoms with Crippen molar-refractivity contribution in [3.05, 3.63) is 59.7 Å². The maximum atomic E-state index is 13.7. The van der Waals surface area contributed by atoms with Crippen molar-refractivity contribution in [3.63, 3.8) is 0 Å². The Balaban J connectivity index is 2.38. The van der Waals surface area contributed by atoms with Gasteiger partial charge < -0.3 is 15.0 Å². The van der Waals surface area contributed by atoms with Crippen LogP contribution >= 0.6 is 0 Å². The smallest absolute Gasteiger partial charge is 0.244 e. The van der Waals surface area contributed by atoms with Gasteiger partial charge in [-0.15, -0.1) is 0 Å². The van der Waals surface area contributed by atoms with Crippen molar-refractivity contribution >= 4 is 27.5 Å². The molecule has 1 N–H and O–H groups in total. The van der Waals surface area contributed by atoms with Crippen LogP contribution in [0.1, 0.15) is 51.2 Å². The van der Waals surface area contributed by atoms with Gasteiger partial charge in [-0.1, -0.05) is 50.1 Å². The second kappa shape index (κ2) is 13.9. The summed E-state index contributed by atoms with van der Waals surface area (Å²) in [7, 11) is -3.78. The number of hydrogen-bond acceptors (Lipinski definition) is 5. The summed E-state index contributed by atoms with van der Waals surface area (Å²) in [6.07, 6.45) is 3.25. The summed E-state index contributed by atoms with van der Waals surface area (Å²) in [6.45, 7) is 8.50. The molecule has 0 aliphatic rings. The summed E-state index contributed by atoms with van der Waals surface area (Å²) in [5, 5.41) is 2.92. The molecule has 0 heterocycles. The minimum atomic E-state index is -3.78. The van der Waals surface area contributed by atoms with Gasteiger partial charge in [0.2, 0.25) is 21.8 Å². The average Bonchev–Trinajstić information content (AvgIpc) is 2.82. The molecule has 0 saturated heterocycles. The van der Waals surface area contributed by atoms with E-state index in [0.29, 0.717) is 31.0 Å². The zero-order valence-corrected chi connectivity index (χ0v) is 22.8. The van der Waals surface area contributed by atoms with Crippen molar-refractivity contribution in [2.45, 2.75) is 59.5 Å². The van der Waals surface area contributed by atoms with Crippen molar-refractivity contribution < 1.29 is 22.7 Å². The number of amides is 2. The van der Waals surface area contributed by atoms with Crippen LogP contribution in [0.2, 0.25) is 0 Å². The molecule has 8 nitrogen and oxygen atoms in total. The van der Waals surface area contributed by atoms with E-state index < -0.39 is 28.5 Å². The van der Waals surface area contributed by atoms with Crippen LogP contribution in [0.5, 0.6) is 5.75 Å². The molecule has 2 amide bonds. The third kappa shape index (κ3) is 8.55. The van der Waals surface area contributed by atoms with Gasteiger partial charge >= 0.3 is 0 Å². The number of aryl methyl sites for hydroxylation is 1. The number of ether oxygens (including phenoxy) is 1. The van der Waals surface area contributed by atoms with Gasteiger partial charge in [0.25, 0.3) is 0 Å². The fraction of sp³-hybridized carbons (Fsp3) is 0.481. The number of rotatable bonds is 14. The topological polar surface area (TPSA) is 96.0 Å². The molecule has 0 bridgehead atoms. The first-order chi connectivity index (χ1) is 17.1. The molecule has 0 aliphatic carbocycles. The Morgan fingerprint density at radius 3 is 2.31 bits per heavy atom. The third-order valence-electron chi connectivity index (χ3n) is 5.77. The maximum absolute atomic E-state index is 13.7. The summed E-state index contributed by atoms with van der Waals surface area (Å²) in [5.74, 6) is -0.0795. The molecular weight excluding hydrogens is 478 g/mol. The number of unbranched alkanes of at least 4 members (excludes halogenated alkanes) is 1. The molecule has 0 aromatic heterocycles. The second-order valence-electron chi connectivity index (χ2n) is 8.78. The average molecular weight is 518 g/mol. The Morgan fingerprint density at radius 2 is 1.75 bits per heavy atom. The number of hydrogen-bond donors (Lipinski definition) is 1. The lowest BCUT2D eigenvalue weighted by molar-refractivity contribution is -0.140. The molecule has 2 aromatic carbocycles. The Morgan fingerprint density at radius 1 is 1.06 bits per heavy atom. The molecule has 198 valence electrons. The van der Waals surface area contributed by atoms with Crippen LogP contribution in [0, 0.1) is 6.92 Å². The van der Waals surface area contributed by atoms with Gasteiger partial charge in [0.1, 0.15) is 18.3 Å². The van der Waals surface area contributed by atoms with E-state index >= 15 is 0 Å². The van der Waals surface area contributed by atoms with Crippen molar-refractivity contribution in [2.75, 3.05) is 30.3 Å². The van der Waals surface area contributed by atoms with Crippen LogP contribution in [0.15, 0.2) is 48.5 Å². The van der Waals surface area contributed by atoms with E-state index in [-0.39, 0.29) is 12.5 Å². The predicted molar refractivity (Wildman–Crippen MR) is 144 cm³/mol. The summed E-state index contributed by atoms with van der Waals surface area (Å²) in [4.78, 5) is 28.2. The van der Waals surface area contributed by atoms with Gasteiger partial charge in [0, 0.05) is 13.1 Å². The van der Waals surface area contributed by atoms with Crippen LogP contribution < -0.4 is 14.4 Å². The molecule has 2 aromatic rings. The highest BCUT2D eigenvalue weighted by Gasteiger charge is 2.31. The van der Waals surface area contributed by atoms with Crippen LogP contribution in [0.3, 0.4) is 0 Å². The number of benzene rings is 2. The van der Waals surface area contributed by atoms with Crippen molar-refractivity contribution in [1.82, 2.24) is 10.2 Å².